The predicted octanol–water partition coefficient (Wildman–Crippen LogP) is 1.52. The van der Waals surface area contributed by atoms with Crippen LogP contribution in [0, 0.1) is 0 Å². The van der Waals surface area contributed by atoms with Crippen molar-refractivity contribution < 1.29 is 14.0 Å². The van der Waals surface area contributed by atoms with Crippen LogP contribution in [0.15, 0.2) is 53.8 Å². The van der Waals surface area contributed by atoms with E-state index in [2.05, 4.69) is 22.2 Å². The number of rotatable bonds is 6. The summed E-state index contributed by atoms with van der Waals surface area (Å²) in [5.74, 6) is 0.00325. The average Bonchev–Trinajstić information content (AvgIpc) is 3.03. The zero-order chi connectivity index (χ0) is 15.1. The molecule has 0 atom stereocenters. The lowest BCUT2D eigenvalue weighted by Crippen LogP contribution is -2.26. The predicted molar refractivity (Wildman–Crippen MR) is 76.6 cm³/mol. The summed E-state index contributed by atoms with van der Waals surface area (Å²) in [6.45, 7) is 4.14. The summed E-state index contributed by atoms with van der Waals surface area (Å²) < 4.78 is 5.13. The quantitative estimate of drug-likeness (QED) is 0.788. The number of nitrogens with one attached hydrogen (secondary N) is 2. The molecule has 2 aromatic heterocycles. The molecule has 0 unspecified atom stereocenters. The zero-order valence-corrected chi connectivity index (χ0v) is 11.3. The fourth-order valence-corrected chi connectivity index (χ4v) is 1.63. The third-order valence-corrected chi connectivity index (χ3v) is 2.66. The van der Waals surface area contributed by atoms with Crippen LogP contribution in [-0.2, 0) is 6.54 Å². The molecule has 2 amide bonds. The van der Waals surface area contributed by atoms with E-state index in [0.717, 1.165) is 0 Å². The van der Waals surface area contributed by atoms with E-state index in [-0.39, 0.29) is 24.1 Å². The molecule has 21 heavy (non-hydrogen) atoms. The molecule has 2 N–H and O–H groups in total. The zero-order valence-electron chi connectivity index (χ0n) is 11.3. The summed E-state index contributed by atoms with van der Waals surface area (Å²) >= 11 is 0. The van der Waals surface area contributed by atoms with Gasteiger partial charge in [-0.05, 0) is 24.3 Å². The largest absolute Gasteiger partial charge is 0.467 e. The molecule has 0 spiro atoms. The van der Waals surface area contributed by atoms with E-state index in [1.165, 1.54) is 18.5 Å². The first-order valence-corrected chi connectivity index (χ1v) is 6.36. The molecule has 2 rings (SSSR count). The first-order chi connectivity index (χ1) is 10.2. The van der Waals surface area contributed by atoms with Gasteiger partial charge in [0.15, 0.2) is 0 Å². The summed E-state index contributed by atoms with van der Waals surface area (Å²) in [6, 6.07) is 6.49. The second kappa shape index (κ2) is 7.04. The molecule has 0 aliphatic heterocycles. The summed E-state index contributed by atoms with van der Waals surface area (Å²) in [7, 11) is 0. The lowest BCUT2D eigenvalue weighted by molar-refractivity contribution is 0.0948. The number of carbonyl (C=O) groups excluding carboxylic acids is 2. The number of furan rings is 1. The van der Waals surface area contributed by atoms with Gasteiger partial charge in [0.05, 0.1) is 12.8 Å². The highest BCUT2D eigenvalue weighted by molar-refractivity contribution is 5.98. The number of hydrogen-bond acceptors (Lipinski definition) is 4. The fourth-order valence-electron chi connectivity index (χ4n) is 1.63. The maximum atomic E-state index is 12.0. The molecule has 6 heteroatoms. The minimum atomic E-state index is -0.351. The molecule has 0 aliphatic rings. The summed E-state index contributed by atoms with van der Waals surface area (Å²) in [4.78, 5) is 27.7. The van der Waals surface area contributed by atoms with Crippen molar-refractivity contribution in [1.29, 1.82) is 0 Å². The van der Waals surface area contributed by atoms with Crippen molar-refractivity contribution in [3.63, 3.8) is 0 Å². The minimum Gasteiger partial charge on any atom is -0.467 e. The molecule has 6 nitrogen and oxygen atoms in total. The summed E-state index contributed by atoms with van der Waals surface area (Å²) in [6.07, 6.45) is 4.53. The molecule has 2 aromatic rings. The van der Waals surface area contributed by atoms with Crippen LogP contribution in [0.25, 0.3) is 0 Å². The highest BCUT2D eigenvalue weighted by atomic mass is 16.3. The van der Waals surface area contributed by atoms with Crippen LogP contribution in [0.1, 0.15) is 26.6 Å². The third-order valence-electron chi connectivity index (χ3n) is 2.66. The Morgan fingerprint density at radius 1 is 1.29 bits per heavy atom. The van der Waals surface area contributed by atoms with Gasteiger partial charge in [0.1, 0.15) is 11.5 Å². The van der Waals surface area contributed by atoms with Gasteiger partial charge in [0.25, 0.3) is 11.8 Å². The van der Waals surface area contributed by atoms with Crippen molar-refractivity contribution >= 4 is 11.8 Å². The van der Waals surface area contributed by atoms with E-state index in [1.54, 1.807) is 24.3 Å². The summed E-state index contributed by atoms with van der Waals surface area (Å²) in [5, 5.41) is 5.31. The Hall–Kier alpha value is -2.89. The van der Waals surface area contributed by atoms with Crippen molar-refractivity contribution in [3.05, 3.63) is 66.4 Å². The molecule has 0 saturated heterocycles. The highest BCUT2D eigenvalue weighted by Gasteiger charge is 2.11. The molecule has 0 saturated carbocycles. The lowest BCUT2D eigenvalue weighted by Gasteiger charge is -2.05. The van der Waals surface area contributed by atoms with Crippen LogP contribution in [0.2, 0.25) is 0 Å². The van der Waals surface area contributed by atoms with Gasteiger partial charge in [-0.15, -0.1) is 6.58 Å². The van der Waals surface area contributed by atoms with Crippen molar-refractivity contribution in [2.24, 2.45) is 0 Å². The van der Waals surface area contributed by atoms with E-state index in [1.807, 2.05) is 0 Å². The lowest BCUT2D eigenvalue weighted by atomic mass is 10.2. The van der Waals surface area contributed by atoms with Crippen LogP contribution >= 0.6 is 0 Å². The summed E-state index contributed by atoms with van der Waals surface area (Å²) in [5.41, 5.74) is 0.544. The second-order valence-electron chi connectivity index (χ2n) is 4.19. The molecule has 0 bridgehead atoms. The van der Waals surface area contributed by atoms with E-state index < -0.39 is 0 Å². The Labute approximate surface area is 121 Å². The second-order valence-corrected chi connectivity index (χ2v) is 4.19. The molecule has 0 aromatic carbocycles. The molecule has 108 valence electrons. The standard InChI is InChI=1S/C15H15N3O3/c1-2-6-17-15(20)13-9-11(5-7-16-13)14(19)18-10-12-4-3-8-21-12/h2-5,7-9H,1,6,10H2,(H,17,20)(H,18,19). The Morgan fingerprint density at radius 3 is 2.86 bits per heavy atom. The van der Waals surface area contributed by atoms with Crippen LogP contribution in [-0.4, -0.2) is 23.3 Å². The van der Waals surface area contributed by atoms with Crippen LogP contribution < -0.4 is 10.6 Å². The third kappa shape index (κ3) is 4.04. The van der Waals surface area contributed by atoms with E-state index in [4.69, 9.17) is 4.42 Å². The minimum absolute atomic E-state index is 0.183. The first-order valence-electron chi connectivity index (χ1n) is 6.36. The maximum Gasteiger partial charge on any atom is 0.270 e. The molecular formula is C15H15N3O3. The number of pyridine rings is 1. The number of carbonyl (C=O) groups is 2. The van der Waals surface area contributed by atoms with Crippen LogP contribution in [0.4, 0.5) is 0 Å². The number of amides is 2. The first kappa shape index (κ1) is 14.5. The molecule has 0 fully saturated rings. The van der Waals surface area contributed by atoms with Gasteiger partial charge in [-0.25, -0.2) is 0 Å². The van der Waals surface area contributed by atoms with Crippen molar-refractivity contribution in [2.75, 3.05) is 6.54 Å². The number of nitrogens with zero attached hydrogens (tertiary/aromatic N) is 1. The van der Waals surface area contributed by atoms with Gasteiger partial charge in [-0.1, -0.05) is 6.08 Å². The normalized spacial score (nSPS) is 9.90. The fraction of sp³-hybridized carbons (Fsp3) is 0.133. The van der Waals surface area contributed by atoms with Gasteiger partial charge < -0.3 is 15.1 Å². The smallest absolute Gasteiger partial charge is 0.270 e. The Balaban J connectivity index is 2.00. The topological polar surface area (TPSA) is 84.2 Å². The Morgan fingerprint density at radius 2 is 2.14 bits per heavy atom. The Kier molecular flexibility index (Phi) is 4.87. The molecule has 2 heterocycles. The highest BCUT2D eigenvalue weighted by Crippen LogP contribution is 2.04. The molecule has 0 radical (unpaired) electrons. The number of hydrogen-bond donors (Lipinski definition) is 2. The number of aromatic nitrogens is 1. The van der Waals surface area contributed by atoms with Gasteiger partial charge >= 0.3 is 0 Å². The SMILES string of the molecule is C=CCNC(=O)c1cc(C(=O)NCc2ccco2)ccn1. The van der Waals surface area contributed by atoms with E-state index >= 15 is 0 Å². The maximum absolute atomic E-state index is 12.0. The van der Waals surface area contributed by atoms with Crippen LogP contribution in [0.3, 0.4) is 0 Å². The van der Waals surface area contributed by atoms with Gasteiger partial charge in [-0.2, -0.15) is 0 Å². The van der Waals surface area contributed by atoms with E-state index in [9.17, 15) is 9.59 Å². The van der Waals surface area contributed by atoms with Crippen molar-refractivity contribution in [3.8, 4) is 0 Å². The average molecular weight is 285 g/mol. The van der Waals surface area contributed by atoms with Gasteiger partial charge in [-0.3, -0.25) is 14.6 Å². The van der Waals surface area contributed by atoms with Gasteiger partial charge in [0, 0.05) is 18.3 Å². The Bertz CT molecular complexity index is 635. The van der Waals surface area contributed by atoms with E-state index in [0.29, 0.717) is 17.9 Å². The monoisotopic (exact) mass is 285 g/mol. The van der Waals surface area contributed by atoms with Crippen molar-refractivity contribution in [1.82, 2.24) is 15.6 Å². The van der Waals surface area contributed by atoms with Crippen molar-refractivity contribution in [2.45, 2.75) is 6.54 Å². The molecule has 0 aliphatic carbocycles. The van der Waals surface area contributed by atoms with Gasteiger partial charge in [0.2, 0.25) is 0 Å². The molecular weight excluding hydrogens is 270 g/mol. The van der Waals surface area contributed by atoms with Crippen LogP contribution in [0.5, 0.6) is 0 Å².